The van der Waals surface area contributed by atoms with Crippen LogP contribution in [-0.2, 0) is 23.6 Å². The lowest BCUT2D eigenvalue weighted by Crippen LogP contribution is -2.32. The van der Waals surface area contributed by atoms with E-state index in [0.717, 1.165) is 65.2 Å². The highest BCUT2D eigenvalue weighted by Gasteiger charge is 2.32. The Labute approximate surface area is 420 Å². The van der Waals surface area contributed by atoms with Gasteiger partial charge in [0.1, 0.15) is 40.2 Å². The van der Waals surface area contributed by atoms with Gasteiger partial charge >= 0.3 is 18.3 Å². The number of hydrogen-bond donors (Lipinski definition) is 0. The Kier molecular flexibility index (Phi) is 11.7. The van der Waals surface area contributed by atoms with Crippen molar-refractivity contribution in [2.45, 2.75) is 18.8 Å². The molecule has 0 aliphatic carbocycles. The van der Waals surface area contributed by atoms with Gasteiger partial charge in [-0.2, -0.15) is 26.3 Å². The highest BCUT2D eigenvalue weighted by atomic mass is 19.4. The summed E-state index contributed by atoms with van der Waals surface area (Å²) in [7, 11) is 0. The van der Waals surface area contributed by atoms with Gasteiger partial charge in [-0.05, 0) is 136 Å². The van der Waals surface area contributed by atoms with Gasteiger partial charge in [0.15, 0.2) is 6.29 Å². The van der Waals surface area contributed by atoms with Gasteiger partial charge in [0, 0.05) is 55.6 Å². The number of benzene rings is 9. The zero-order valence-corrected chi connectivity index (χ0v) is 38.5. The highest BCUT2D eigenvalue weighted by molar-refractivity contribution is 6.32. The van der Waals surface area contributed by atoms with E-state index in [0.29, 0.717) is 29.2 Å². The molecule has 0 aliphatic rings. The maximum absolute atomic E-state index is 14.9. The quantitative estimate of drug-likeness (QED) is 0.0357. The van der Waals surface area contributed by atoms with Crippen molar-refractivity contribution in [1.29, 1.82) is 0 Å². The lowest BCUT2D eigenvalue weighted by atomic mass is 9.87. The molecule has 7 nitrogen and oxygen atoms in total. The Morgan fingerprint density at radius 3 is 1.50 bits per heavy atom. The molecule has 0 saturated heterocycles. The Bertz CT molecular complexity index is 4170. The summed E-state index contributed by atoms with van der Waals surface area (Å²) in [5, 5.41) is 1.02. The van der Waals surface area contributed by atoms with Crippen LogP contribution < -0.4 is 15.9 Å². The summed E-state index contributed by atoms with van der Waals surface area (Å²) in [6.45, 7) is 0. The number of halogens is 10. The number of esters is 1. The van der Waals surface area contributed by atoms with E-state index in [4.69, 9.17) is 9.15 Å². The minimum absolute atomic E-state index is 0.0108. The van der Waals surface area contributed by atoms with Crippen LogP contribution in [-0.4, -0.2) is 16.8 Å². The largest absolute Gasteiger partial charge is 0.455 e. The maximum Gasteiger partial charge on any atom is 0.416 e. The minimum Gasteiger partial charge on any atom is -0.455 e. The van der Waals surface area contributed by atoms with Gasteiger partial charge in [-0.25, -0.2) is 22.1 Å². The van der Waals surface area contributed by atoms with Crippen LogP contribution in [0.1, 0.15) is 27.0 Å². The predicted molar refractivity (Wildman–Crippen MR) is 265 cm³/mol. The Morgan fingerprint density at radius 2 is 1.00 bits per heavy atom. The van der Waals surface area contributed by atoms with Gasteiger partial charge in [0.05, 0.1) is 23.2 Å². The van der Waals surface area contributed by atoms with Crippen molar-refractivity contribution in [3.05, 3.63) is 224 Å². The molecule has 376 valence electrons. The fraction of sp³-hybridized carbons (Fsp3) is 0.0508. The lowest BCUT2D eigenvalue weighted by molar-refractivity contribution is -0.138. The summed E-state index contributed by atoms with van der Waals surface area (Å²) >= 11 is 0. The minimum atomic E-state index is -4.69. The van der Waals surface area contributed by atoms with Gasteiger partial charge in [-0.1, -0.05) is 54.6 Å². The first-order valence-electron chi connectivity index (χ1n) is 22.8. The van der Waals surface area contributed by atoms with Gasteiger partial charge in [-0.15, -0.1) is 0 Å². The third-order valence-electron chi connectivity index (χ3n) is 13.0. The average Bonchev–Trinajstić information content (AvgIpc) is 3.56. The van der Waals surface area contributed by atoms with Gasteiger partial charge in [-0.3, -0.25) is 19.2 Å². The van der Waals surface area contributed by atoms with E-state index >= 15 is 0 Å². The number of alkyl halides is 6. The molecule has 0 bridgehead atoms. The van der Waals surface area contributed by atoms with E-state index in [1.807, 2.05) is 0 Å². The number of hydrogen-bond acceptors (Lipinski definition) is 6. The van der Waals surface area contributed by atoms with Crippen LogP contribution in [0.5, 0.6) is 5.75 Å². The second-order valence-electron chi connectivity index (χ2n) is 17.8. The number of pyridine rings is 1. The molecule has 0 amide bonds. The molecule has 0 aliphatic heterocycles. The molecule has 9 aromatic carbocycles. The van der Waals surface area contributed by atoms with Gasteiger partial charge < -0.3 is 9.15 Å². The first-order valence-corrected chi connectivity index (χ1v) is 22.8. The summed E-state index contributed by atoms with van der Waals surface area (Å²) in [6.07, 6.45) is -9.54. The van der Waals surface area contributed by atoms with Crippen molar-refractivity contribution in [2.75, 3.05) is 0 Å². The first-order chi connectivity index (χ1) is 36.2. The topological polar surface area (TPSA) is 95.6 Å². The normalized spacial score (nSPS) is 12.1. The molecule has 2 aromatic heterocycles. The molecule has 0 unspecified atom stereocenters. The Morgan fingerprint density at radius 1 is 0.513 bits per heavy atom. The van der Waals surface area contributed by atoms with Crippen LogP contribution in [0.15, 0.2) is 172 Å². The van der Waals surface area contributed by atoms with Crippen molar-refractivity contribution >= 4 is 55.7 Å². The summed E-state index contributed by atoms with van der Waals surface area (Å²) < 4.78 is 154. The number of carbonyl (C=O) groups excluding carboxylic acids is 2. The number of nitrogens with zero attached hydrogens (tertiary/aromatic N) is 1. The number of rotatable bonds is 9. The van der Waals surface area contributed by atoms with Gasteiger partial charge in [0.25, 0.3) is 11.1 Å². The first kappa shape index (κ1) is 48.9. The fourth-order valence-electron chi connectivity index (χ4n) is 9.70. The van der Waals surface area contributed by atoms with Crippen LogP contribution >= 0.6 is 0 Å². The molecule has 0 saturated carbocycles. The molecule has 11 aromatic rings. The van der Waals surface area contributed by atoms with E-state index < -0.39 is 70.3 Å². The number of para-hydroxylation sites is 1. The van der Waals surface area contributed by atoms with Crippen molar-refractivity contribution in [1.82, 2.24) is 4.57 Å². The maximum atomic E-state index is 14.9. The molecule has 11 rings (SSSR count). The SMILES string of the molecule is O=Cc1c(-c2cc(F)cc(F)c2)cc(OC(=O)Cc2ccc(-n3c(=O)c4cc(-c5ccc(C(F)(F)F)cc5)c5oc6ccccc6c6c(-c7ccc(C(F)(F)F)cc7)cc(c3=O)c4c56)cc2)cc1-c1cc(F)cc(F)c1. The lowest BCUT2D eigenvalue weighted by Gasteiger charge is -2.20. The second-order valence-corrected chi connectivity index (χ2v) is 17.8. The summed E-state index contributed by atoms with van der Waals surface area (Å²) in [5.74, 6) is -5.27. The monoisotopic (exact) mass is 1040 g/mol. The molecule has 76 heavy (non-hydrogen) atoms. The van der Waals surface area contributed by atoms with Crippen LogP contribution in [0.4, 0.5) is 43.9 Å². The van der Waals surface area contributed by atoms with Gasteiger partial charge in [0.2, 0.25) is 0 Å². The zero-order chi connectivity index (χ0) is 53.5. The van der Waals surface area contributed by atoms with E-state index in [2.05, 4.69) is 0 Å². The molecule has 0 fully saturated rings. The molecule has 0 N–H and O–H groups in total. The Hall–Kier alpha value is -9.38. The molecular formula is C59H29F10NO6. The van der Waals surface area contributed by atoms with Crippen molar-refractivity contribution in [3.63, 3.8) is 0 Å². The van der Waals surface area contributed by atoms with E-state index in [9.17, 15) is 63.1 Å². The third kappa shape index (κ3) is 8.68. The Balaban J connectivity index is 1.04. The van der Waals surface area contributed by atoms with E-state index in [-0.39, 0.29) is 99.8 Å². The van der Waals surface area contributed by atoms with E-state index in [1.54, 1.807) is 24.3 Å². The zero-order valence-electron chi connectivity index (χ0n) is 38.5. The third-order valence-corrected chi connectivity index (χ3v) is 13.0. The summed E-state index contributed by atoms with van der Waals surface area (Å²) in [5.41, 5.74) is -3.00. The molecule has 17 heteroatoms. The van der Waals surface area contributed by atoms with Crippen molar-refractivity contribution in [2.24, 2.45) is 0 Å². The van der Waals surface area contributed by atoms with E-state index in [1.165, 1.54) is 60.7 Å². The molecule has 0 atom stereocenters. The second kappa shape index (κ2) is 18.2. The predicted octanol–water partition coefficient (Wildman–Crippen LogP) is 15.1. The van der Waals surface area contributed by atoms with Crippen molar-refractivity contribution in [3.8, 4) is 55.9 Å². The number of aromatic nitrogens is 1. The number of ether oxygens (including phenoxy) is 1. The highest BCUT2D eigenvalue weighted by Crippen LogP contribution is 2.47. The van der Waals surface area contributed by atoms with Crippen molar-refractivity contribution < 1.29 is 62.6 Å². The smallest absolute Gasteiger partial charge is 0.416 e. The molecular weight excluding hydrogens is 1010 g/mol. The molecule has 0 radical (unpaired) electrons. The number of aldehydes is 1. The average molecular weight is 1040 g/mol. The number of carbonyl (C=O) groups is 2. The van der Waals surface area contributed by atoms with Crippen LogP contribution in [0.2, 0.25) is 0 Å². The fourth-order valence-corrected chi connectivity index (χ4v) is 9.70. The molecule has 0 spiro atoms. The van der Waals surface area contributed by atoms with Crippen LogP contribution in [0.25, 0.3) is 93.7 Å². The standard InChI is InChI=1S/C59H29F10NO6/c60-36-18-32(19-37(61)22-36)43-24-41(25-44(49(43)28-71)33-20-38(62)23-39(63)21-33)75-51(72)17-29-5-15-40(16-6-29)70-56(73)47-26-45(30-7-11-34(12-8-30)58(64,65)66)52-42-3-1-2-4-50(42)76-55-46(27-48(57(70)74)53(47)54(52)55)31-9-13-35(14-10-31)59(67,68)69/h1-16,18-28H,17H2. The number of fused-ring (bicyclic) bond motifs is 2. The molecule has 2 heterocycles. The summed E-state index contributed by atoms with van der Waals surface area (Å²) in [4.78, 5) is 56.0. The van der Waals surface area contributed by atoms with Crippen LogP contribution in [0.3, 0.4) is 0 Å². The summed E-state index contributed by atoms with van der Waals surface area (Å²) in [6, 6.07) is 30.5. The van der Waals surface area contributed by atoms with Crippen LogP contribution in [0, 0.1) is 23.3 Å².